The van der Waals surface area contributed by atoms with E-state index < -0.39 is 0 Å². The second kappa shape index (κ2) is 4.82. The van der Waals surface area contributed by atoms with Crippen molar-refractivity contribution in [2.24, 2.45) is 0 Å². The molecule has 0 amide bonds. The van der Waals surface area contributed by atoms with Gasteiger partial charge in [-0.3, -0.25) is 0 Å². The molecule has 0 aromatic heterocycles. The van der Waals surface area contributed by atoms with Gasteiger partial charge in [0.15, 0.2) is 12.3 Å². The fourth-order valence-corrected chi connectivity index (χ4v) is 1.15. The Morgan fingerprint density at radius 2 is 1.73 bits per heavy atom. The van der Waals surface area contributed by atoms with E-state index in [0.29, 0.717) is 0 Å². The molecule has 0 radical (unpaired) electrons. The summed E-state index contributed by atoms with van der Waals surface area (Å²) in [5.41, 5.74) is 2.07. The number of hydrogen-bond acceptors (Lipinski definition) is 2. The van der Waals surface area contributed by atoms with E-state index in [0.717, 1.165) is 16.0 Å². The highest BCUT2D eigenvalue weighted by atomic mass is 16.5. The smallest absolute Gasteiger partial charge is 0.182 e. The monoisotopic (exact) mass is 206 g/mol. The van der Waals surface area contributed by atoms with Crippen molar-refractivity contribution in [1.29, 1.82) is 0 Å². The van der Waals surface area contributed by atoms with Crippen LogP contribution in [0.4, 0.5) is 5.69 Å². The maximum atomic E-state index is 11.4. The molecule has 0 saturated carbocycles. The van der Waals surface area contributed by atoms with Gasteiger partial charge >= 0.3 is 0 Å². The molecule has 1 aromatic carbocycles. The quantitative estimate of drug-likeness (QED) is 0.328. The molecule has 0 saturated heterocycles. The molecule has 0 aliphatic carbocycles. The number of anilines is 1. The van der Waals surface area contributed by atoms with Gasteiger partial charge in [0.25, 0.3) is 0 Å². The molecule has 82 valence electrons. The minimum Gasteiger partial charge on any atom is -0.624 e. The van der Waals surface area contributed by atoms with Crippen LogP contribution in [0.25, 0.3) is 0 Å². The molecule has 0 bridgehead atoms. The van der Waals surface area contributed by atoms with Crippen LogP contribution < -0.4 is 4.90 Å². The van der Waals surface area contributed by atoms with Crippen LogP contribution >= 0.6 is 0 Å². The summed E-state index contributed by atoms with van der Waals surface area (Å²) in [4.78, 5) is 2.03. The van der Waals surface area contributed by atoms with Crippen molar-refractivity contribution in [3.8, 4) is 0 Å². The van der Waals surface area contributed by atoms with Gasteiger partial charge in [-0.2, -0.15) is 0 Å². The average Bonchev–Trinajstić information content (AvgIpc) is 2.18. The second-order valence-electron chi connectivity index (χ2n) is 4.07. The molecule has 1 aromatic rings. The molecule has 0 spiro atoms. The molecule has 0 N–H and O–H groups in total. The van der Waals surface area contributed by atoms with E-state index in [1.54, 1.807) is 6.21 Å². The van der Waals surface area contributed by atoms with Crippen molar-refractivity contribution >= 4 is 11.9 Å². The molecular weight excluding hydrogens is 188 g/mol. The maximum Gasteiger partial charge on any atom is 0.182 e. The summed E-state index contributed by atoms with van der Waals surface area (Å²) in [6.45, 7) is 3.75. The van der Waals surface area contributed by atoms with Gasteiger partial charge in [-0.05, 0) is 38.1 Å². The van der Waals surface area contributed by atoms with Gasteiger partial charge in [-0.15, -0.1) is 0 Å². The highest BCUT2D eigenvalue weighted by Gasteiger charge is 2.01. The molecule has 0 heterocycles. The molecule has 0 aliphatic rings. The summed E-state index contributed by atoms with van der Waals surface area (Å²) in [7, 11) is 3.99. The normalized spacial score (nSPS) is 11.9. The summed E-state index contributed by atoms with van der Waals surface area (Å²) >= 11 is 0. The van der Waals surface area contributed by atoms with E-state index in [2.05, 4.69) is 0 Å². The predicted octanol–water partition coefficient (Wildman–Crippen LogP) is 2.09. The third-order valence-corrected chi connectivity index (χ3v) is 2.19. The maximum absolute atomic E-state index is 11.4. The van der Waals surface area contributed by atoms with E-state index in [-0.39, 0.29) is 6.04 Å². The molecule has 0 atom stereocenters. The first-order valence-corrected chi connectivity index (χ1v) is 5.08. The van der Waals surface area contributed by atoms with Crippen LogP contribution in [0.3, 0.4) is 0 Å². The zero-order valence-electron chi connectivity index (χ0n) is 9.77. The Morgan fingerprint density at radius 1 is 1.20 bits per heavy atom. The number of hydrogen-bond donors (Lipinski definition) is 0. The van der Waals surface area contributed by atoms with Crippen LogP contribution in [0, 0.1) is 5.21 Å². The molecule has 0 fully saturated rings. The lowest BCUT2D eigenvalue weighted by Gasteiger charge is -2.12. The predicted molar refractivity (Wildman–Crippen MR) is 64.7 cm³/mol. The number of rotatable bonds is 3. The first kappa shape index (κ1) is 11.6. The van der Waals surface area contributed by atoms with E-state index in [1.165, 1.54) is 0 Å². The third-order valence-electron chi connectivity index (χ3n) is 2.19. The summed E-state index contributed by atoms with van der Waals surface area (Å²) in [6.07, 6.45) is 1.62. The second-order valence-corrected chi connectivity index (χ2v) is 4.07. The topological polar surface area (TPSA) is 29.3 Å². The van der Waals surface area contributed by atoms with E-state index in [4.69, 9.17) is 0 Å². The van der Waals surface area contributed by atoms with Gasteiger partial charge in [0, 0.05) is 25.3 Å². The molecule has 3 nitrogen and oxygen atoms in total. The van der Waals surface area contributed by atoms with Crippen molar-refractivity contribution in [2.45, 2.75) is 19.9 Å². The summed E-state index contributed by atoms with van der Waals surface area (Å²) < 4.78 is 0.963. The van der Waals surface area contributed by atoms with Crippen molar-refractivity contribution in [3.63, 3.8) is 0 Å². The molecule has 0 aliphatic heterocycles. The van der Waals surface area contributed by atoms with Crippen molar-refractivity contribution in [3.05, 3.63) is 35.0 Å². The van der Waals surface area contributed by atoms with Gasteiger partial charge in [0.05, 0.1) is 0 Å². The van der Waals surface area contributed by atoms with Crippen LogP contribution in [0.2, 0.25) is 0 Å². The fraction of sp³-hybridized carbons (Fsp3) is 0.417. The van der Waals surface area contributed by atoms with Crippen molar-refractivity contribution in [1.82, 2.24) is 0 Å². The van der Waals surface area contributed by atoms with Gasteiger partial charge < -0.3 is 10.1 Å². The van der Waals surface area contributed by atoms with E-state index in [9.17, 15) is 5.21 Å². The van der Waals surface area contributed by atoms with Gasteiger partial charge in [0.2, 0.25) is 0 Å². The number of nitrogens with zero attached hydrogens (tertiary/aromatic N) is 2. The zero-order chi connectivity index (χ0) is 11.4. The van der Waals surface area contributed by atoms with Crippen LogP contribution in [0.5, 0.6) is 0 Å². The molecule has 1 rings (SSSR count). The van der Waals surface area contributed by atoms with Crippen LogP contribution in [-0.4, -0.2) is 31.1 Å². The Balaban J connectivity index is 2.85. The van der Waals surface area contributed by atoms with Gasteiger partial charge in [-0.25, -0.2) is 4.74 Å². The van der Waals surface area contributed by atoms with Crippen molar-refractivity contribution in [2.75, 3.05) is 19.0 Å². The molecular formula is C12H18N2O. The summed E-state index contributed by atoms with van der Waals surface area (Å²) in [6, 6.07) is 7.88. The van der Waals surface area contributed by atoms with Gasteiger partial charge in [-0.1, -0.05) is 0 Å². The Hall–Kier alpha value is -1.51. The van der Waals surface area contributed by atoms with Gasteiger partial charge in [0.1, 0.15) is 0 Å². The number of hydroxylamine groups is 1. The largest absolute Gasteiger partial charge is 0.624 e. The minimum atomic E-state index is -0.0153. The highest BCUT2D eigenvalue weighted by Crippen LogP contribution is 2.10. The zero-order valence-corrected chi connectivity index (χ0v) is 9.77. The Morgan fingerprint density at radius 3 is 2.13 bits per heavy atom. The molecule has 0 unspecified atom stereocenters. The Bertz CT molecular complexity index is 339. The lowest BCUT2D eigenvalue weighted by molar-refractivity contribution is -0.487. The average molecular weight is 206 g/mol. The number of benzene rings is 1. The first-order chi connectivity index (χ1) is 7.00. The summed E-state index contributed by atoms with van der Waals surface area (Å²) in [5, 5.41) is 11.4. The standard InChI is InChI=1S/C12H18N2O/c1-10(2)14(15)9-11-5-7-12(8-6-11)13(3)4/h5-10H,1-4H3/b14-9-. The van der Waals surface area contributed by atoms with Crippen LogP contribution in [0.1, 0.15) is 19.4 Å². The third kappa shape index (κ3) is 3.27. The van der Waals surface area contributed by atoms with E-state index >= 15 is 0 Å². The van der Waals surface area contributed by atoms with Crippen molar-refractivity contribution < 1.29 is 4.74 Å². The molecule has 15 heavy (non-hydrogen) atoms. The highest BCUT2D eigenvalue weighted by molar-refractivity contribution is 5.76. The fourth-order valence-electron chi connectivity index (χ4n) is 1.15. The lowest BCUT2D eigenvalue weighted by Crippen LogP contribution is -2.15. The molecule has 3 heteroatoms. The van der Waals surface area contributed by atoms with E-state index in [1.807, 2.05) is 57.1 Å². The minimum absolute atomic E-state index is 0.0153. The summed E-state index contributed by atoms with van der Waals surface area (Å²) in [5.74, 6) is 0. The Labute approximate surface area is 91.2 Å². The van der Waals surface area contributed by atoms with Crippen LogP contribution in [-0.2, 0) is 0 Å². The van der Waals surface area contributed by atoms with Crippen LogP contribution in [0.15, 0.2) is 24.3 Å². The SMILES string of the molecule is CC(C)/[N+]([O-])=C/c1ccc(N(C)C)cc1. The first-order valence-electron chi connectivity index (χ1n) is 5.08. The Kier molecular flexibility index (Phi) is 3.72. The lowest BCUT2D eigenvalue weighted by atomic mass is 10.2.